The lowest BCUT2D eigenvalue weighted by Gasteiger charge is -2.12. The molecule has 1 aromatic rings. The molecule has 0 bridgehead atoms. The van der Waals surface area contributed by atoms with Crippen LogP contribution < -0.4 is 11.1 Å². The molecular weight excluding hydrogens is 260 g/mol. The number of nitrogen functional groups attached to an aromatic ring is 1. The monoisotopic (exact) mass is 272 g/mol. The van der Waals surface area contributed by atoms with Crippen molar-refractivity contribution in [2.24, 2.45) is 5.92 Å². The number of aliphatic hydroxyl groups is 1. The minimum Gasteiger partial charge on any atom is -0.391 e. The number of hydrogen-bond acceptors (Lipinski definition) is 5. The Labute approximate surface area is 96.2 Å². The second-order valence-electron chi connectivity index (χ2n) is 3.71. The third kappa shape index (κ3) is 2.79. The maximum Gasteiger partial charge on any atom is 0.221 e. The van der Waals surface area contributed by atoms with Crippen LogP contribution in [0.15, 0.2) is 10.7 Å². The van der Waals surface area contributed by atoms with Crippen LogP contribution in [0, 0.1) is 5.92 Å². The summed E-state index contributed by atoms with van der Waals surface area (Å²) in [4.78, 5) is 7.85. The second kappa shape index (κ2) is 4.32. The predicted octanol–water partition coefficient (Wildman–Crippen LogP) is 1.00. The molecule has 0 aliphatic heterocycles. The number of anilines is 2. The van der Waals surface area contributed by atoms with E-state index in [0.29, 0.717) is 18.3 Å². The van der Waals surface area contributed by atoms with E-state index in [-0.39, 0.29) is 12.1 Å². The van der Waals surface area contributed by atoms with Crippen molar-refractivity contribution in [1.29, 1.82) is 0 Å². The van der Waals surface area contributed by atoms with E-state index in [1.807, 2.05) is 0 Å². The first kappa shape index (κ1) is 10.6. The highest BCUT2D eigenvalue weighted by molar-refractivity contribution is 9.10. The van der Waals surface area contributed by atoms with Gasteiger partial charge in [-0.05, 0) is 34.7 Å². The zero-order chi connectivity index (χ0) is 10.8. The molecule has 1 unspecified atom stereocenters. The van der Waals surface area contributed by atoms with Crippen molar-refractivity contribution < 1.29 is 5.11 Å². The van der Waals surface area contributed by atoms with Crippen molar-refractivity contribution in [3.05, 3.63) is 10.7 Å². The summed E-state index contributed by atoms with van der Waals surface area (Å²) in [6, 6.07) is 0. The van der Waals surface area contributed by atoms with E-state index in [9.17, 15) is 5.11 Å². The van der Waals surface area contributed by atoms with Gasteiger partial charge >= 0.3 is 0 Å². The van der Waals surface area contributed by atoms with Gasteiger partial charge in [-0.3, -0.25) is 0 Å². The molecule has 2 rings (SSSR count). The van der Waals surface area contributed by atoms with Gasteiger partial charge in [0.25, 0.3) is 0 Å². The predicted molar refractivity (Wildman–Crippen MR) is 61.4 cm³/mol. The van der Waals surface area contributed by atoms with Gasteiger partial charge in [0.05, 0.1) is 10.6 Å². The Bertz CT molecular complexity index is 356. The number of halogens is 1. The van der Waals surface area contributed by atoms with Gasteiger partial charge in [-0.1, -0.05) is 0 Å². The summed E-state index contributed by atoms with van der Waals surface area (Å²) in [5, 5.41) is 12.7. The first-order valence-corrected chi connectivity index (χ1v) is 5.66. The molecule has 5 nitrogen and oxygen atoms in total. The maximum absolute atomic E-state index is 9.66. The largest absolute Gasteiger partial charge is 0.391 e. The molecule has 0 amide bonds. The van der Waals surface area contributed by atoms with E-state index in [0.717, 1.165) is 17.3 Å². The molecule has 0 aromatic carbocycles. The zero-order valence-corrected chi connectivity index (χ0v) is 9.74. The molecule has 15 heavy (non-hydrogen) atoms. The van der Waals surface area contributed by atoms with Crippen molar-refractivity contribution in [2.75, 3.05) is 17.6 Å². The Morgan fingerprint density at radius 3 is 3.07 bits per heavy atom. The van der Waals surface area contributed by atoms with Crippen LogP contribution in [0.1, 0.15) is 12.8 Å². The maximum atomic E-state index is 9.66. The summed E-state index contributed by atoms with van der Waals surface area (Å²) < 4.78 is 0.750. The SMILES string of the molecule is Nc1ncc(Br)c(NCC(O)C2CC2)n1. The van der Waals surface area contributed by atoms with Gasteiger partial charge in [-0.25, -0.2) is 4.98 Å². The van der Waals surface area contributed by atoms with Gasteiger partial charge < -0.3 is 16.2 Å². The minimum absolute atomic E-state index is 0.224. The van der Waals surface area contributed by atoms with Crippen LogP contribution in [0.25, 0.3) is 0 Å². The first-order valence-electron chi connectivity index (χ1n) is 4.87. The standard InChI is InChI=1S/C9H13BrN4O/c10-6-3-13-9(11)14-8(6)12-4-7(15)5-1-2-5/h3,5,7,15H,1-2,4H2,(H3,11,12,13,14). The van der Waals surface area contributed by atoms with Gasteiger partial charge in [-0.15, -0.1) is 0 Å². The van der Waals surface area contributed by atoms with Crippen molar-refractivity contribution in [3.63, 3.8) is 0 Å². The lowest BCUT2D eigenvalue weighted by atomic mass is 10.2. The average molecular weight is 273 g/mol. The summed E-state index contributed by atoms with van der Waals surface area (Å²) in [5.41, 5.74) is 5.46. The molecule has 82 valence electrons. The van der Waals surface area contributed by atoms with Gasteiger partial charge in [0.15, 0.2) is 0 Å². The van der Waals surface area contributed by atoms with Crippen LogP contribution in [0.3, 0.4) is 0 Å². The van der Waals surface area contributed by atoms with Crippen molar-refractivity contribution in [2.45, 2.75) is 18.9 Å². The smallest absolute Gasteiger partial charge is 0.221 e. The fraction of sp³-hybridized carbons (Fsp3) is 0.556. The molecule has 0 spiro atoms. The molecule has 1 heterocycles. The Morgan fingerprint density at radius 2 is 2.40 bits per heavy atom. The van der Waals surface area contributed by atoms with Crippen molar-refractivity contribution >= 4 is 27.7 Å². The average Bonchev–Trinajstić information content (AvgIpc) is 3.02. The highest BCUT2D eigenvalue weighted by Crippen LogP contribution is 2.32. The number of rotatable bonds is 4. The second-order valence-corrected chi connectivity index (χ2v) is 4.56. The highest BCUT2D eigenvalue weighted by atomic mass is 79.9. The summed E-state index contributed by atoms with van der Waals surface area (Å²) in [6.45, 7) is 0.500. The van der Waals surface area contributed by atoms with Crippen LogP contribution in [0.2, 0.25) is 0 Å². The number of hydrogen-bond donors (Lipinski definition) is 3. The first-order chi connectivity index (χ1) is 7.16. The highest BCUT2D eigenvalue weighted by Gasteiger charge is 2.29. The molecular formula is C9H13BrN4O. The molecule has 1 saturated carbocycles. The van der Waals surface area contributed by atoms with Gasteiger partial charge in [0.1, 0.15) is 5.82 Å². The van der Waals surface area contributed by atoms with Gasteiger partial charge in [0, 0.05) is 12.7 Å². The van der Waals surface area contributed by atoms with E-state index < -0.39 is 0 Å². The Morgan fingerprint density at radius 1 is 1.67 bits per heavy atom. The topological polar surface area (TPSA) is 84.1 Å². The molecule has 0 saturated heterocycles. The molecule has 1 fully saturated rings. The van der Waals surface area contributed by atoms with E-state index in [4.69, 9.17) is 5.73 Å². The van der Waals surface area contributed by atoms with Gasteiger partial charge in [0.2, 0.25) is 5.95 Å². The van der Waals surface area contributed by atoms with Crippen molar-refractivity contribution in [1.82, 2.24) is 9.97 Å². The lowest BCUT2D eigenvalue weighted by Crippen LogP contribution is -2.22. The van der Waals surface area contributed by atoms with Crippen LogP contribution in [0.4, 0.5) is 11.8 Å². The zero-order valence-electron chi connectivity index (χ0n) is 8.15. The van der Waals surface area contributed by atoms with E-state index >= 15 is 0 Å². The number of aromatic nitrogens is 2. The van der Waals surface area contributed by atoms with Crippen LogP contribution >= 0.6 is 15.9 Å². The Balaban J connectivity index is 1.94. The minimum atomic E-state index is -0.298. The molecule has 1 aliphatic rings. The molecule has 1 aromatic heterocycles. The summed E-state index contributed by atoms with van der Waals surface area (Å²) >= 11 is 3.31. The molecule has 6 heteroatoms. The quantitative estimate of drug-likeness (QED) is 0.762. The Kier molecular flexibility index (Phi) is 3.06. The molecule has 4 N–H and O–H groups in total. The third-order valence-electron chi connectivity index (χ3n) is 2.41. The van der Waals surface area contributed by atoms with E-state index in [1.54, 1.807) is 6.20 Å². The van der Waals surface area contributed by atoms with Crippen LogP contribution in [-0.2, 0) is 0 Å². The van der Waals surface area contributed by atoms with Crippen LogP contribution in [-0.4, -0.2) is 27.7 Å². The number of nitrogens with one attached hydrogen (secondary N) is 1. The normalized spacial score (nSPS) is 17.5. The number of nitrogens with zero attached hydrogens (tertiary/aromatic N) is 2. The summed E-state index contributed by atoms with van der Waals surface area (Å²) in [5.74, 6) is 1.30. The molecule has 1 atom stereocenters. The van der Waals surface area contributed by atoms with E-state index in [2.05, 4.69) is 31.2 Å². The van der Waals surface area contributed by atoms with Crippen LogP contribution in [0.5, 0.6) is 0 Å². The summed E-state index contributed by atoms with van der Waals surface area (Å²) in [6.07, 6.45) is 3.54. The lowest BCUT2D eigenvalue weighted by molar-refractivity contribution is 0.164. The fourth-order valence-electron chi connectivity index (χ4n) is 1.35. The third-order valence-corrected chi connectivity index (χ3v) is 2.99. The number of nitrogens with two attached hydrogens (primary N) is 1. The molecule has 1 aliphatic carbocycles. The molecule has 0 radical (unpaired) electrons. The number of aliphatic hydroxyl groups excluding tert-OH is 1. The van der Waals surface area contributed by atoms with Gasteiger partial charge in [-0.2, -0.15) is 4.98 Å². The fourth-order valence-corrected chi connectivity index (χ4v) is 1.68. The summed E-state index contributed by atoms with van der Waals surface area (Å²) in [7, 11) is 0. The van der Waals surface area contributed by atoms with Crippen molar-refractivity contribution in [3.8, 4) is 0 Å². The van der Waals surface area contributed by atoms with E-state index in [1.165, 1.54) is 0 Å². The Hall–Kier alpha value is -0.880.